The number of ether oxygens (including phenoxy) is 1. The van der Waals surface area contributed by atoms with Crippen LogP contribution < -0.4 is 5.32 Å². The van der Waals surface area contributed by atoms with Crippen molar-refractivity contribution in [2.24, 2.45) is 5.92 Å². The Labute approximate surface area is 104 Å². The van der Waals surface area contributed by atoms with Crippen molar-refractivity contribution in [3.63, 3.8) is 0 Å². The second-order valence-corrected chi connectivity index (χ2v) is 6.42. The highest BCUT2D eigenvalue weighted by molar-refractivity contribution is 7.99. The molecule has 1 N–H and O–H groups in total. The van der Waals surface area contributed by atoms with E-state index in [0.29, 0.717) is 6.04 Å². The molecule has 2 saturated heterocycles. The van der Waals surface area contributed by atoms with Crippen molar-refractivity contribution in [2.75, 3.05) is 25.2 Å². The Hall–Kier alpha value is 0.270. The van der Waals surface area contributed by atoms with E-state index in [-0.39, 0.29) is 5.60 Å². The van der Waals surface area contributed by atoms with Gasteiger partial charge in [0.05, 0.1) is 5.60 Å². The summed E-state index contributed by atoms with van der Waals surface area (Å²) < 4.78 is 6.13. The Morgan fingerprint density at radius 3 is 2.81 bits per heavy atom. The molecule has 16 heavy (non-hydrogen) atoms. The third-order valence-corrected chi connectivity index (χ3v) is 5.30. The molecular formula is C13H25NOS. The van der Waals surface area contributed by atoms with E-state index in [4.69, 9.17) is 4.74 Å². The van der Waals surface area contributed by atoms with Gasteiger partial charge in [0.1, 0.15) is 0 Å². The van der Waals surface area contributed by atoms with Crippen LogP contribution in [-0.4, -0.2) is 36.8 Å². The molecule has 2 fully saturated rings. The lowest BCUT2D eigenvalue weighted by Gasteiger charge is -2.45. The molecule has 2 rings (SSSR count). The van der Waals surface area contributed by atoms with Crippen molar-refractivity contribution in [1.29, 1.82) is 0 Å². The van der Waals surface area contributed by atoms with Crippen LogP contribution in [0.3, 0.4) is 0 Å². The van der Waals surface area contributed by atoms with Gasteiger partial charge in [-0.15, -0.1) is 0 Å². The smallest absolute Gasteiger partial charge is 0.0701 e. The number of hydrogen-bond acceptors (Lipinski definition) is 3. The molecular weight excluding hydrogens is 218 g/mol. The van der Waals surface area contributed by atoms with E-state index < -0.39 is 0 Å². The van der Waals surface area contributed by atoms with Crippen LogP contribution in [0.5, 0.6) is 0 Å². The largest absolute Gasteiger partial charge is 0.375 e. The Morgan fingerprint density at radius 1 is 1.44 bits per heavy atom. The zero-order valence-corrected chi connectivity index (χ0v) is 11.4. The van der Waals surface area contributed by atoms with Crippen LogP contribution in [0.1, 0.15) is 39.0 Å². The highest BCUT2D eigenvalue weighted by Gasteiger charge is 2.40. The van der Waals surface area contributed by atoms with Gasteiger partial charge in [-0.2, -0.15) is 11.8 Å². The van der Waals surface area contributed by atoms with Crippen molar-refractivity contribution in [2.45, 2.75) is 50.7 Å². The molecule has 2 atom stereocenters. The maximum absolute atomic E-state index is 6.13. The summed E-state index contributed by atoms with van der Waals surface area (Å²) in [6.07, 6.45) is 6.32. The SMILES string of the molecule is CCC(NC)C1CCOC2(CCSCC2)C1. The molecule has 0 aliphatic carbocycles. The van der Waals surface area contributed by atoms with Gasteiger partial charge in [-0.25, -0.2) is 0 Å². The molecule has 0 aromatic rings. The third kappa shape index (κ3) is 2.74. The van der Waals surface area contributed by atoms with Gasteiger partial charge in [-0.1, -0.05) is 6.92 Å². The summed E-state index contributed by atoms with van der Waals surface area (Å²) in [5.41, 5.74) is 0.248. The van der Waals surface area contributed by atoms with Gasteiger partial charge in [-0.05, 0) is 56.6 Å². The summed E-state index contributed by atoms with van der Waals surface area (Å²) >= 11 is 2.09. The Morgan fingerprint density at radius 2 is 2.19 bits per heavy atom. The summed E-state index contributed by atoms with van der Waals surface area (Å²) in [6.45, 7) is 3.27. The zero-order valence-electron chi connectivity index (χ0n) is 10.6. The van der Waals surface area contributed by atoms with E-state index in [1.807, 2.05) is 0 Å². The first-order valence-corrected chi connectivity index (χ1v) is 7.84. The van der Waals surface area contributed by atoms with Crippen molar-refractivity contribution in [3.8, 4) is 0 Å². The average Bonchev–Trinajstić information content (AvgIpc) is 2.32. The lowest BCUT2D eigenvalue weighted by atomic mass is 9.78. The first-order chi connectivity index (χ1) is 7.79. The van der Waals surface area contributed by atoms with Crippen molar-refractivity contribution in [1.82, 2.24) is 5.32 Å². The highest BCUT2D eigenvalue weighted by Crippen LogP contribution is 2.40. The average molecular weight is 243 g/mol. The quantitative estimate of drug-likeness (QED) is 0.823. The van der Waals surface area contributed by atoms with Crippen LogP contribution in [0, 0.1) is 5.92 Å². The third-order valence-electron chi connectivity index (χ3n) is 4.31. The fourth-order valence-electron chi connectivity index (χ4n) is 3.27. The van der Waals surface area contributed by atoms with Crippen LogP contribution in [0.25, 0.3) is 0 Å². The van der Waals surface area contributed by atoms with Crippen LogP contribution in [0.4, 0.5) is 0 Å². The molecule has 0 aromatic carbocycles. The van der Waals surface area contributed by atoms with Gasteiger partial charge in [0, 0.05) is 12.6 Å². The predicted molar refractivity (Wildman–Crippen MR) is 71.1 cm³/mol. The standard InChI is InChI=1S/C13H25NOS/c1-3-12(14-2)11-4-7-15-13(10-11)5-8-16-9-6-13/h11-12,14H,3-10H2,1-2H3. The van der Waals surface area contributed by atoms with Crippen LogP contribution in [0.15, 0.2) is 0 Å². The van der Waals surface area contributed by atoms with Crippen LogP contribution in [-0.2, 0) is 4.74 Å². The van der Waals surface area contributed by atoms with Crippen molar-refractivity contribution < 1.29 is 4.74 Å². The van der Waals surface area contributed by atoms with Gasteiger partial charge >= 0.3 is 0 Å². The van der Waals surface area contributed by atoms with Gasteiger partial charge in [0.15, 0.2) is 0 Å². The van der Waals surface area contributed by atoms with Crippen LogP contribution in [0.2, 0.25) is 0 Å². The van der Waals surface area contributed by atoms with Gasteiger partial charge < -0.3 is 10.1 Å². The molecule has 0 bridgehead atoms. The molecule has 1 spiro atoms. The minimum Gasteiger partial charge on any atom is -0.375 e. The van der Waals surface area contributed by atoms with Crippen molar-refractivity contribution in [3.05, 3.63) is 0 Å². The van der Waals surface area contributed by atoms with Gasteiger partial charge in [0.2, 0.25) is 0 Å². The van der Waals surface area contributed by atoms with Gasteiger partial charge in [-0.3, -0.25) is 0 Å². The summed E-state index contributed by atoms with van der Waals surface area (Å²) in [7, 11) is 2.10. The summed E-state index contributed by atoms with van der Waals surface area (Å²) in [6, 6.07) is 0.690. The molecule has 2 nitrogen and oxygen atoms in total. The number of hydrogen-bond donors (Lipinski definition) is 1. The fourth-order valence-corrected chi connectivity index (χ4v) is 4.51. The number of rotatable bonds is 3. The summed E-state index contributed by atoms with van der Waals surface area (Å²) in [4.78, 5) is 0. The Kier molecular flexibility index (Phi) is 4.57. The minimum absolute atomic E-state index is 0.248. The lowest BCUT2D eigenvalue weighted by Crippen LogP contribution is -2.47. The second-order valence-electron chi connectivity index (χ2n) is 5.20. The van der Waals surface area contributed by atoms with E-state index in [2.05, 4.69) is 31.1 Å². The predicted octanol–water partition coefficient (Wildman–Crippen LogP) is 2.68. The Bertz CT molecular complexity index is 206. The molecule has 94 valence electrons. The normalized spacial score (nSPS) is 31.5. The molecule has 2 heterocycles. The molecule has 2 aliphatic rings. The molecule has 2 aliphatic heterocycles. The Balaban J connectivity index is 1.97. The van der Waals surface area contributed by atoms with E-state index in [1.54, 1.807) is 0 Å². The van der Waals surface area contributed by atoms with Crippen molar-refractivity contribution >= 4 is 11.8 Å². The lowest BCUT2D eigenvalue weighted by molar-refractivity contribution is -0.107. The summed E-state index contributed by atoms with van der Waals surface area (Å²) in [5, 5.41) is 3.48. The molecule has 2 unspecified atom stereocenters. The highest BCUT2D eigenvalue weighted by atomic mass is 32.2. The van der Waals surface area contributed by atoms with E-state index in [9.17, 15) is 0 Å². The van der Waals surface area contributed by atoms with E-state index in [1.165, 1.54) is 43.6 Å². The molecule has 3 heteroatoms. The van der Waals surface area contributed by atoms with Crippen LogP contribution >= 0.6 is 11.8 Å². The number of thioether (sulfide) groups is 1. The molecule has 0 aromatic heterocycles. The van der Waals surface area contributed by atoms with E-state index >= 15 is 0 Å². The molecule has 0 radical (unpaired) electrons. The maximum Gasteiger partial charge on any atom is 0.0701 e. The first kappa shape index (κ1) is 12.7. The fraction of sp³-hybridized carbons (Fsp3) is 1.00. The molecule has 0 saturated carbocycles. The zero-order chi connectivity index (χ0) is 11.4. The van der Waals surface area contributed by atoms with E-state index in [0.717, 1.165) is 12.5 Å². The monoisotopic (exact) mass is 243 g/mol. The first-order valence-electron chi connectivity index (χ1n) is 6.68. The summed E-state index contributed by atoms with van der Waals surface area (Å²) in [5.74, 6) is 3.42. The maximum atomic E-state index is 6.13. The van der Waals surface area contributed by atoms with Gasteiger partial charge in [0.25, 0.3) is 0 Å². The topological polar surface area (TPSA) is 21.3 Å². The second kappa shape index (κ2) is 5.74. The molecule has 0 amide bonds. The minimum atomic E-state index is 0.248. The number of nitrogens with one attached hydrogen (secondary N) is 1.